The Morgan fingerprint density at radius 3 is 2.48 bits per heavy atom. The molecule has 2 unspecified atom stereocenters. The van der Waals surface area contributed by atoms with E-state index in [0.717, 1.165) is 11.1 Å². The summed E-state index contributed by atoms with van der Waals surface area (Å²) in [5, 5.41) is 12.9. The Labute approximate surface area is 171 Å². The lowest BCUT2D eigenvalue weighted by Gasteiger charge is -2.40. The first-order valence-corrected chi connectivity index (χ1v) is 9.93. The van der Waals surface area contributed by atoms with Crippen LogP contribution in [0.4, 0.5) is 5.69 Å². The number of hydrogen-bond donors (Lipinski definition) is 2. The maximum atomic E-state index is 12.5. The smallest absolute Gasteiger partial charge is 0.249 e. The Kier molecular flexibility index (Phi) is 7.01. The predicted octanol–water partition coefficient (Wildman–Crippen LogP) is 3.13. The maximum absolute atomic E-state index is 12.5. The molecule has 2 atom stereocenters. The van der Waals surface area contributed by atoms with Gasteiger partial charge < -0.3 is 20.1 Å². The summed E-state index contributed by atoms with van der Waals surface area (Å²) in [6.45, 7) is 4.20. The van der Waals surface area contributed by atoms with Gasteiger partial charge in [0.1, 0.15) is 12.7 Å². The highest BCUT2D eigenvalue weighted by molar-refractivity contribution is 5.90. The third-order valence-corrected chi connectivity index (χ3v) is 4.96. The van der Waals surface area contributed by atoms with Crippen LogP contribution in [0, 0.1) is 5.92 Å². The van der Waals surface area contributed by atoms with Crippen LogP contribution < -0.4 is 5.32 Å². The molecule has 2 N–H and O–H groups in total. The predicted molar refractivity (Wildman–Crippen MR) is 111 cm³/mol. The molecule has 1 saturated heterocycles. The molecule has 2 amide bonds. The van der Waals surface area contributed by atoms with Crippen LogP contribution in [0.3, 0.4) is 0 Å². The van der Waals surface area contributed by atoms with E-state index < -0.39 is 12.1 Å². The van der Waals surface area contributed by atoms with E-state index in [1.165, 1.54) is 0 Å². The number of rotatable bonds is 7. The van der Waals surface area contributed by atoms with Gasteiger partial charge in [-0.1, -0.05) is 56.3 Å². The number of benzene rings is 2. The number of amides is 2. The summed E-state index contributed by atoms with van der Waals surface area (Å²) in [7, 11) is 0. The molecule has 0 spiro atoms. The molecule has 1 aliphatic heterocycles. The molecule has 1 aliphatic rings. The normalized spacial score (nSPS) is 19.4. The van der Waals surface area contributed by atoms with E-state index >= 15 is 0 Å². The molecule has 29 heavy (non-hydrogen) atoms. The molecule has 0 radical (unpaired) electrons. The lowest BCUT2D eigenvalue weighted by molar-refractivity contribution is -0.162. The van der Waals surface area contributed by atoms with E-state index in [0.29, 0.717) is 24.6 Å². The van der Waals surface area contributed by atoms with Gasteiger partial charge in [0.15, 0.2) is 0 Å². The van der Waals surface area contributed by atoms with Gasteiger partial charge in [0.05, 0.1) is 12.6 Å². The lowest BCUT2D eigenvalue weighted by Crippen LogP contribution is -2.52. The molecular weight excluding hydrogens is 368 g/mol. The van der Waals surface area contributed by atoms with Crippen LogP contribution >= 0.6 is 0 Å². The van der Waals surface area contributed by atoms with Crippen LogP contribution in [-0.4, -0.2) is 41.1 Å². The highest BCUT2D eigenvalue weighted by Crippen LogP contribution is 2.31. The van der Waals surface area contributed by atoms with Crippen molar-refractivity contribution in [1.29, 1.82) is 0 Å². The Morgan fingerprint density at radius 2 is 1.86 bits per heavy atom. The van der Waals surface area contributed by atoms with Gasteiger partial charge in [-0.15, -0.1) is 0 Å². The first kappa shape index (κ1) is 21.0. The van der Waals surface area contributed by atoms with E-state index in [9.17, 15) is 14.7 Å². The second kappa shape index (κ2) is 9.67. The minimum Gasteiger partial charge on any atom is -0.394 e. The largest absolute Gasteiger partial charge is 0.394 e. The first-order chi connectivity index (χ1) is 14.0. The number of aliphatic hydroxyl groups is 1. The number of hydrogen-bond acceptors (Lipinski definition) is 4. The third kappa shape index (κ3) is 5.43. The van der Waals surface area contributed by atoms with Gasteiger partial charge in [-0.05, 0) is 29.2 Å². The van der Waals surface area contributed by atoms with Crippen molar-refractivity contribution in [3.05, 3.63) is 65.7 Å². The highest BCUT2D eigenvalue weighted by Gasteiger charge is 2.37. The number of aliphatic hydroxyl groups excluding tert-OH is 1. The van der Waals surface area contributed by atoms with Crippen LogP contribution in [0.1, 0.15) is 37.5 Å². The van der Waals surface area contributed by atoms with Gasteiger partial charge in [0.25, 0.3) is 0 Å². The maximum Gasteiger partial charge on any atom is 0.249 e. The summed E-state index contributed by atoms with van der Waals surface area (Å²) in [6.07, 6.45) is 0.0400. The minimum absolute atomic E-state index is 0.0189. The van der Waals surface area contributed by atoms with Gasteiger partial charge in [-0.3, -0.25) is 9.59 Å². The van der Waals surface area contributed by atoms with E-state index in [2.05, 4.69) is 5.32 Å². The SMILES string of the molecule is CC(C)CC(=O)Nc1ccc(C2OCC(=O)N(Cc3ccccc3)C2CO)cc1. The van der Waals surface area contributed by atoms with E-state index in [1.54, 1.807) is 4.90 Å². The zero-order chi connectivity index (χ0) is 20.8. The first-order valence-electron chi connectivity index (χ1n) is 9.93. The van der Waals surface area contributed by atoms with Crippen LogP contribution in [0.5, 0.6) is 0 Å². The molecule has 6 nitrogen and oxygen atoms in total. The molecule has 1 heterocycles. The van der Waals surface area contributed by atoms with Crippen molar-refractivity contribution in [2.45, 2.75) is 39.0 Å². The lowest BCUT2D eigenvalue weighted by atomic mass is 9.98. The van der Waals surface area contributed by atoms with E-state index in [-0.39, 0.29) is 25.0 Å². The molecular formula is C23H28N2O4. The van der Waals surface area contributed by atoms with Crippen molar-refractivity contribution < 1.29 is 19.4 Å². The van der Waals surface area contributed by atoms with Gasteiger partial charge in [0.2, 0.25) is 11.8 Å². The molecule has 1 fully saturated rings. The fourth-order valence-electron chi connectivity index (χ4n) is 3.54. The second-order valence-electron chi connectivity index (χ2n) is 7.76. The summed E-state index contributed by atoms with van der Waals surface area (Å²) in [5.74, 6) is 0.139. The van der Waals surface area contributed by atoms with E-state index in [4.69, 9.17) is 4.74 Å². The van der Waals surface area contributed by atoms with Crippen LogP contribution in [0.2, 0.25) is 0 Å². The average molecular weight is 396 g/mol. The van der Waals surface area contributed by atoms with Gasteiger partial charge >= 0.3 is 0 Å². The molecule has 0 saturated carbocycles. The van der Waals surface area contributed by atoms with Crippen molar-refractivity contribution >= 4 is 17.5 Å². The zero-order valence-corrected chi connectivity index (χ0v) is 16.9. The van der Waals surface area contributed by atoms with Crippen molar-refractivity contribution in [3.63, 3.8) is 0 Å². The molecule has 0 aliphatic carbocycles. The van der Waals surface area contributed by atoms with Gasteiger partial charge in [0, 0.05) is 18.7 Å². The second-order valence-corrected chi connectivity index (χ2v) is 7.76. The molecule has 3 rings (SSSR count). The molecule has 154 valence electrons. The quantitative estimate of drug-likeness (QED) is 0.754. The summed E-state index contributed by atoms with van der Waals surface area (Å²) >= 11 is 0. The van der Waals surface area contributed by atoms with Gasteiger partial charge in [-0.2, -0.15) is 0 Å². The fraction of sp³-hybridized carbons (Fsp3) is 0.391. The van der Waals surface area contributed by atoms with Crippen LogP contribution in [-0.2, 0) is 20.9 Å². The Hall–Kier alpha value is -2.70. The average Bonchev–Trinajstić information content (AvgIpc) is 2.70. The monoisotopic (exact) mass is 396 g/mol. The third-order valence-electron chi connectivity index (χ3n) is 4.96. The number of nitrogens with one attached hydrogen (secondary N) is 1. The van der Waals surface area contributed by atoms with Crippen molar-refractivity contribution in [3.8, 4) is 0 Å². The zero-order valence-electron chi connectivity index (χ0n) is 16.9. The summed E-state index contributed by atoms with van der Waals surface area (Å²) in [5.41, 5.74) is 2.58. The highest BCUT2D eigenvalue weighted by atomic mass is 16.5. The van der Waals surface area contributed by atoms with Crippen LogP contribution in [0.15, 0.2) is 54.6 Å². The Balaban J connectivity index is 1.73. The number of nitrogens with zero attached hydrogens (tertiary/aromatic N) is 1. The van der Waals surface area contributed by atoms with Crippen LogP contribution in [0.25, 0.3) is 0 Å². The number of ether oxygens (including phenoxy) is 1. The molecule has 0 aromatic heterocycles. The van der Waals surface area contributed by atoms with Gasteiger partial charge in [-0.25, -0.2) is 0 Å². The number of morpholine rings is 1. The molecule has 2 aromatic carbocycles. The standard InChI is InChI=1S/C23H28N2O4/c1-16(2)12-21(27)24-19-10-8-18(9-11-19)23-20(14-26)25(22(28)15-29-23)13-17-6-4-3-5-7-17/h3-11,16,20,23,26H,12-15H2,1-2H3,(H,24,27). The van der Waals surface area contributed by atoms with Crippen molar-refractivity contribution in [2.75, 3.05) is 18.5 Å². The molecule has 2 aromatic rings. The van der Waals surface area contributed by atoms with E-state index in [1.807, 2.05) is 68.4 Å². The Morgan fingerprint density at radius 1 is 1.17 bits per heavy atom. The summed E-state index contributed by atoms with van der Waals surface area (Å²) in [4.78, 5) is 26.1. The number of carbonyl (C=O) groups is 2. The molecule has 0 bridgehead atoms. The topological polar surface area (TPSA) is 78.9 Å². The minimum atomic E-state index is -0.474. The summed E-state index contributed by atoms with van der Waals surface area (Å²) in [6, 6.07) is 16.6. The number of anilines is 1. The number of carbonyl (C=O) groups excluding carboxylic acids is 2. The Bertz CT molecular complexity index is 821. The van der Waals surface area contributed by atoms with Crippen molar-refractivity contribution in [1.82, 2.24) is 4.90 Å². The molecule has 6 heteroatoms. The summed E-state index contributed by atoms with van der Waals surface area (Å²) < 4.78 is 5.78. The van der Waals surface area contributed by atoms with Crippen molar-refractivity contribution in [2.24, 2.45) is 5.92 Å². The fourth-order valence-corrected chi connectivity index (χ4v) is 3.54.